The van der Waals surface area contributed by atoms with Crippen LogP contribution in [0.4, 0.5) is 0 Å². The first-order chi connectivity index (χ1) is 14.5. The van der Waals surface area contributed by atoms with Crippen LogP contribution in [0, 0.1) is 6.92 Å². The highest BCUT2D eigenvalue weighted by Crippen LogP contribution is 2.19. The fourth-order valence-corrected chi connectivity index (χ4v) is 2.80. The van der Waals surface area contributed by atoms with E-state index in [0.29, 0.717) is 18.0 Å². The van der Waals surface area contributed by atoms with Crippen molar-refractivity contribution in [1.82, 2.24) is 24.6 Å². The van der Waals surface area contributed by atoms with Crippen molar-refractivity contribution in [3.8, 4) is 17.0 Å². The number of nitrogens with zero attached hydrogens (tertiary/aromatic N) is 4. The van der Waals surface area contributed by atoms with Crippen LogP contribution in [0.3, 0.4) is 0 Å². The monoisotopic (exact) mass is 409 g/mol. The summed E-state index contributed by atoms with van der Waals surface area (Å²) in [6, 6.07) is 11.9. The molecule has 0 aliphatic carbocycles. The molecular formula is C21H23N5O4. The van der Waals surface area contributed by atoms with Gasteiger partial charge in [-0.2, -0.15) is 5.10 Å². The summed E-state index contributed by atoms with van der Waals surface area (Å²) in [4.78, 5) is 40.0. The number of rotatable bonds is 8. The Morgan fingerprint density at radius 1 is 1.10 bits per heavy atom. The summed E-state index contributed by atoms with van der Waals surface area (Å²) in [7, 11) is 0. The predicted octanol–water partition coefficient (Wildman–Crippen LogP) is 0.991. The molecule has 9 heteroatoms. The van der Waals surface area contributed by atoms with Gasteiger partial charge in [0.1, 0.15) is 12.3 Å². The minimum Gasteiger partial charge on any atom is -0.494 e. The number of benzene rings is 1. The Labute approximate surface area is 173 Å². The summed E-state index contributed by atoms with van der Waals surface area (Å²) in [5.41, 5.74) is 1.52. The highest BCUT2D eigenvalue weighted by atomic mass is 16.5. The third kappa shape index (κ3) is 5.40. The lowest BCUT2D eigenvalue weighted by molar-refractivity contribution is -0.121. The van der Waals surface area contributed by atoms with Gasteiger partial charge < -0.3 is 10.1 Å². The van der Waals surface area contributed by atoms with Crippen LogP contribution in [0.25, 0.3) is 11.3 Å². The molecule has 0 saturated heterocycles. The third-order valence-electron chi connectivity index (χ3n) is 4.30. The quantitative estimate of drug-likeness (QED) is 0.594. The van der Waals surface area contributed by atoms with E-state index in [2.05, 4.69) is 15.4 Å². The largest absolute Gasteiger partial charge is 0.494 e. The first kappa shape index (κ1) is 21.0. The second kappa shape index (κ2) is 9.64. The fourth-order valence-electron chi connectivity index (χ4n) is 2.80. The number of hydrogen-bond donors (Lipinski definition) is 1. The maximum atomic E-state index is 12.1. The van der Waals surface area contributed by atoms with Gasteiger partial charge in [-0.1, -0.05) is 0 Å². The van der Waals surface area contributed by atoms with E-state index >= 15 is 0 Å². The molecule has 1 N–H and O–H groups in total. The minimum atomic E-state index is -0.349. The van der Waals surface area contributed by atoms with Gasteiger partial charge in [-0.05, 0) is 44.2 Å². The molecule has 0 spiro atoms. The lowest BCUT2D eigenvalue weighted by Crippen LogP contribution is -2.35. The number of carbonyl (C=O) groups is 1. The normalized spacial score (nSPS) is 10.6. The zero-order chi connectivity index (χ0) is 21.5. The minimum absolute atomic E-state index is 0.138. The van der Waals surface area contributed by atoms with Gasteiger partial charge in [-0.3, -0.25) is 19.0 Å². The molecule has 3 rings (SSSR count). The van der Waals surface area contributed by atoms with E-state index in [1.807, 2.05) is 31.2 Å². The van der Waals surface area contributed by atoms with Gasteiger partial charge in [0.25, 0.3) is 11.1 Å². The van der Waals surface area contributed by atoms with Crippen LogP contribution < -0.4 is 21.2 Å². The molecule has 0 fully saturated rings. The van der Waals surface area contributed by atoms with Crippen molar-refractivity contribution in [2.45, 2.75) is 26.9 Å². The van der Waals surface area contributed by atoms with Gasteiger partial charge in [-0.15, -0.1) is 0 Å². The molecule has 1 amide bonds. The lowest BCUT2D eigenvalue weighted by atomic mass is 10.1. The van der Waals surface area contributed by atoms with Crippen LogP contribution >= 0.6 is 0 Å². The Morgan fingerprint density at radius 2 is 1.87 bits per heavy atom. The summed E-state index contributed by atoms with van der Waals surface area (Å²) < 4.78 is 7.95. The lowest BCUT2D eigenvalue weighted by Gasteiger charge is -2.10. The smallest absolute Gasteiger partial charge is 0.266 e. The molecule has 0 aliphatic rings. The number of amides is 1. The van der Waals surface area contributed by atoms with Crippen molar-refractivity contribution in [3.05, 3.63) is 75.2 Å². The first-order valence-corrected chi connectivity index (χ1v) is 9.57. The number of carbonyl (C=O) groups excluding carboxylic acids is 1. The molecule has 156 valence electrons. The zero-order valence-corrected chi connectivity index (χ0v) is 16.9. The zero-order valence-electron chi connectivity index (χ0n) is 16.9. The van der Waals surface area contributed by atoms with Crippen LogP contribution in [0.5, 0.6) is 5.75 Å². The maximum absolute atomic E-state index is 12.1. The number of aromatic nitrogens is 4. The standard InChI is InChI=1S/C21H23N5O4/c1-3-30-17-6-4-16(5-7-17)18-8-9-20(28)26(24-18)11-10-22-19(27)13-25-14-23-15(2)12-21(25)29/h4-9,12,14H,3,10-11,13H2,1-2H3,(H,22,27). The van der Waals surface area contributed by atoms with Crippen LogP contribution in [0.1, 0.15) is 12.6 Å². The highest BCUT2D eigenvalue weighted by molar-refractivity contribution is 5.75. The highest BCUT2D eigenvalue weighted by Gasteiger charge is 2.07. The SMILES string of the molecule is CCOc1ccc(-c2ccc(=O)n(CCNC(=O)Cn3cnc(C)cc3=O)n2)cc1. The Morgan fingerprint density at radius 3 is 2.57 bits per heavy atom. The first-order valence-electron chi connectivity index (χ1n) is 9.57. The molecule has 0 atom stereocenters. The molecule has 2 heterocycles. The van der Waals surface area contributed by atoms with Crippen LogP contribution in [-0.4, -0.2) is 38.4 Å². The molecule has 1 aromatic carbocycles. The summed E-state index contributed by atoms with van der Waals surface area (Å²) >= 11 is 0. The Hall–Kier alpha value is -3.75. The third-order valence-corrected chi connectivity index (χ3v) is 4.30. The second-order valence-electron chi connectivity index (χ2n) is 6.58. The number of aryl methyl sites for hydroxylation is 1. The van der Waals surface area contributed by atoms with E-state index in [1.165, 1.54) is 27.7 Å². The maximum Gasteiger partial charge on any atom is 0.266 e. The van der Waals surface area contributed by atoms with Gasteiger partial charge in [-0.25, -0.2) is 9.67 Å². The van der Waals surface area contributed by atoms with Crippen molar-refractivity contribution in [3.63, 3.8) is 0 Å². The molecular weight excluding hydrogens is 386 g/mol. The van der Waals surface area contributed by atoms with E-state index in [-0.39, 0.29) is 36.7 Å². The van der Waals surface area contributed by atoms with Crippen LogP contribution in [0.2, 0.25) is 0 Å². The average Bonchev–Trinajstić information content (AvgIpc) is 2.72. The Kier molecular flexibility index (Phi) is 6.74. The Bertz CT molecular complexity index is 1140. The van der Waals surface area contributed by atoms with Crippen molar-refractivity contribution >= 4 is 5.91 Å². The fraction of sp³-hybridized carbons (Fsp3) is 0.286. The molecule has 0 radical (unpaired) electrons. The molecule has 0 unspecified atom stereocenters. The van der Waals surface area contributed by atoms with E-state index in [4.69, 9.17) is 4.74 Å². The summed E-state index contributed by atoms with van der Waals surface area (Å²) in [6.07, 6.45) is 1.34. The van der Waals surface area contributed by atoms with Crippen molar-refractivity contribution in [1.29, 1.82) is 0 Å². The number of hydrogen-bond acceptors (Lipinski definition) is 6. The second-order valence-corrected chi connectivity index (χ2v) is 6.58. The molecule has 3 aromatic rings. The molecule has 0 saturated carbocycles. The van der Waals surface area contributed by atoms with Crippen molar-refractivity contribution < 1.29 is 9.53 Å². The summed E-state index contributed by atoms with van der Waals surface area (Å²) in [5, 5.41) is 7.06. The van der Waals surface area contributed by atoms with Gasteiger partial charge in [0.15, 0.2) is 0 Å². The summed E-state index contributed by atoms with van der Waals surface area (Å²) in [6.45, 7) is 4.48. The average molecular weight is 409 g/mol. The van der Waals surface area contributed by atoms with Gasteiger partial charge >= 0.3 is 0 Å². The van der Waals surface area contributed by atoms with Gasteiger partial charge in [0.2, 0.25) is 5.91 Å². The van der Waals surface area contributed by atoms with E-state index in [0.717, 1.165) is 11.3 Å². The number of ether oxygens (including phenoxy) is 1. The van der Waals surface area contributed by atoms with Crippen LogP contribution in [0.15, 0.2) is 58.4 Å². The van der Waals surface area contributed by atoms with E-state index < -0.39 is 0 Å². The summed E-state index contributed by atoms with van der Waals surface area (Å²) in [5.74, 6) is 0.415. The van der Waals surface area contributed by atoms with Crippen molar-refractivity contribution in [2.24, 2.45) is 0 Å². The van der Waals surface area contributed by atoms with Gasteiger partial charge in [0, 0.05) is 29.9 Å². The molecule has 0 bridgehead atoms. The molecule has 0 aliphatic heterocycles. The topological polar surface area (TPSA) is 108 Å². The molecule has 9 nitrogen and oxygen atoms in total. The van der Waals surface area contributed by atoms with E-state index in [9.17, 15) is 14.4 Å². The van der Waals surface area contributed by atoms with Gasteiger partial charge in [0.05, 0.1) is 25.2 Å². The van der Waals surface area contributed by atoms with E-state index in [1.54, 1.807) is 13.0 Å². The Balaban J connectivity index is 1.61. The molecule has 2 aromatic heterocycles. The predicted molar refractivity (Wildman–Crippen MR) is 111 cm³/mol. The number of nitrogens with one attached hydrogen (secondary N) is 1. The molecule has 30 heavy (non-hydrogen) atoms. The van der Waals surface area contributed by atoms with Crippen LogP contribution in [-0.2, 0) is 17.9 Å². The van der Waals surface area contributed by atoms with Crippen molar-refractivity contribution in [2.75, 3.05) is 13.2 Å².